The van der Waals surface area contributed by atoms with Crippen molar-refractivity contribution in [2.45, 2.75) is 51.5 Å². The summed E-state index contributed by atoms with van der Waals surface area (Å²) in [7, 11) is 0. The minimum Gasteiger partial charge on any atom is -0.342 e. The Hall–Kier alpha value is -0.610. The summed E-state index contributed by atoms with van der Waals surface area (Å²) in [6, 6.07) is 0.579. The maximum atomic E-state index is 12.3. The number of amides is 1. The highest BCUT2D eigenvalue weighted by molar-refractivity contribution is 5.78. The maximum absolute atomic E-state index is 12.3. The number of carbonyl (C=O) groups is 1. The number of hydrogen-bond acceptors (Lipinski definition) is 3. The SMILES string of the molecule is CCNC1CCCN(CC(=O)N2CCCCCC2)C1. The van der Waals surface area contributed by atoms with Crippen LogP contribution in [-0.4, -0.2) is 61.0 Å². The number of nitrogens with zero attached hydrogens (tertiary/aromatic N) is 2. The Morgan fingerprint density at radius 3 is 2.53 bits per heavy atom. The van der Waals surface area contributed by atoms with E-state index in [4.69, 9.17) is 0 Å². The second-order valence-electron chi connectivity index (χ2n) is 5.93. The van der Waals surface area contributed by atoms with E-state index in [1.807, 2.05) is 0 Å². The highest BCUT2D eigenvalue weighted by Gasteiger charge is 2.23. The molecule has 0 spiro atoms. The molecule has 2 fully saturated rings. The highest BCUT2D eigenvalue weighted by Crippen LogP contribution is 2.13. The molecule has 1 amide bonds. The van der Waals surface area contributed by atoms with Crippen LogP contribution < -0.4 is 5.32 Å². The van der Waals surface area contributed by atoms with E-state index in [9.17, 15) is 4.79 Å². The van der Waals surface area contributed by atoms with Crippen LogP contribution in [0.2, 0.25) is 0 Å². The average molecular weight is 267 g/mol. The van der Waals surface area contributed by atoms with Crippen molar-refractivity contribution in [3.05, 3.63) is 0 Å². The lowest BCUT2D eigenvalue weighted by Gasteiger charge is -2.34. The van der Waals surface area contributed by atoms with Gasteiger partial charge in [-0.05, 0) is 38.8 Å². The van der Waals surface area contributed by atoms with E-state index >= 15 is 0 Å². The smallest absolute Gasteiger partial charge is 0.236 e. The largest absolute Gasteiger partial charge is 0.342 e. The normalized spacial score (nSPS) is 26.2. The van der Waals surface area contributed by atoms with Crippen molar-refractivity contribution in [2.75, 3.05) is 39.3 Å². The highest BCUT2D eigenvalue weighted by atomic mass is 16.2. The summed E-state index contributed by atoms with van der Waals surface area (Å²) in [5, 5.41) is 3.51. The first-order valence-electron chi connectivity index (χ1n) is 8.03. The molecular weight excluding hydrogens is 238 g/mol. The van der Waals surface area contributed by atoms with Gasteiger partial charge in [-0.3, -0.25) is 9.69 Å². The summed E-state index contributed by atoms with van der Waals surface area (Å²) >= 11 is 0. The average Bonchev–Trinajstić information content (AvgIpc) is 2.68. The summed E-state index contributed by atoms with van der Waals surface area (Å²) in [5.74, 6) is 0.346. The molecule has 2 saturated heterocycles. The minimum absolute atomic E-state index is 0.346. The van der Waals surface area contributed by atoms with Gasteiger partial charge in [0.25, 0.3) is 0 Å². The zero-order chi connectivity index (χ0) is 13.5. The number of likely N-dealkylation sites (N-methyl/N-ethyl adjacent to an activating group) is 1. The van der Waals surface area contributed by atoms with Crippen molar-refractivity contribution in [3.8, 4) is 0 Å². The molecule has 4 heteroatoms. The van der Waals surface area contributed by atoms with E-state index < -0.39 is 0 Å². The molecule has 0 aromatic heterocycles. The van der Waals surface area contributed by atoms with Gasteiger partial charge in [0.1, 0.15) is 0 Å². The first-order chi connectivity index (χ1) is 9.29. The lowest BCUT2D eigenvalue weighted by molar-refractivity contribution is -0.132. The summed E-state index contributed by atoms with van der Waals surface area (Å²) in [6.07, 6.45) is 7.41. The standard InChI is InChI=1S/C15H29N3O/c1-2-16-14-8-7-9-17(12-14)13-15(19)18-10-5-3-4-6-11-18/h14,16H,2-13H2,1H3. The molecular formula is C15H29N3O. The third-order valence-corrected chi connectivity index (χ3v) is 4.32. The molecule has 0 aliphatic carbocycles. The molecule has 19 heavy (non-hydrogen) atoms. The molecule has 2 heterocycles. The Bertz CT molecular complexity index is 273. The first-order valence-corrected chi connectivity index (χ1v) is 8.03. The van der Waals surface area contributed by atoms with Crippen LogP contribution in [0, 0.1) is 0 Å². The van der Waals surface area contributed by atoms with Crippen molar-refractivity contribution in [2.24, 2.45) is 0 Å². The summed E-state index contributed by atoms with van der Waals surface area (Å²) < 4.78 is 0. The molecule has 1 atom stereocenters. The van der Waals surface area contributed by atoms with Crippen LogP contribution in [0.25, 0.3) is 0 Å². The Balaban J connectivity index is 1.77. The molecule has 0 bridgehead atoms. The van der Waals surface area contributed by atoms with Gasteiger partial charge in [0.2, 0.25) is 5.91 Å². The fourth-order valence-corrected chi connectivity index (χ4v) is 3.27. The third-order valence-electron chi connectivity index (χ3n) is 4.32. The van der Waals surface area contributed by atoms with Crippen LogP contribution in [0.1, 0.15) is 45.4 Å². The third kappa shape index (κ3) is 4.77. The molecule has 0 aromatic rings. The summed E-state index contributed by atoms with van der Waals surface area (Å²) in [6.45, 7) is 7.88. The summed E-state index contributed by atoms with van der Waals surface area (Å²) in [4.78, 5) is 16.8. The van der Waals surface area contributed by atoms with E-state index in [0.29, 0.717) is 18.5 Å². The zero-order valence-corrected chi connectivity index (χ0v) is 12.4. The molecule has 0 saturated carbocycles. The van der Waals surface area contributed by atoms with Crippen LogP contribution in [0.3, 0.4) is 0 Å². The number of hydrogen-bond donors (Lipinski definition) is 1. The predicted molar refractivity (Wildman–Crippen MR) is 78.2 cm³/mol. The molecule has 0 radical (unpaired) electrons. The molecule has 110 valence electrons. The van der Waals surface area contributed by atoms with E-state index in [0.717, 1.165) is 32.7 Å². The Kier molecular flexibility index (Phi) is 6.11. The quantitative estimate of drug-likeness (QED) is 0.838. The fraction of sp³-hybridized carbons (Fsp3) is 0.933. The van der Waals surface area contributed by atoms with Gasteiger partial charge in [-0.15, -0.1) is 0 Å². The van der Waals surface area contributed by atoms with E-state index in [1.54, 1.807) is 0 Å². The Morgan fingerprint density at radius 2 is 1.84 bits per heavy atom. The van der Waals surface area contributed by atoms with Crippen LogP contribution in [0.15, 0.2) is 0 Å². The van der Waals surface area contributed by atoms with Gasteiger partial charge < -0.3 is 10.2 Å². The second-order valence-corrected chi connectivity index (χ2v) is 5.93. The minimum atomic E-state index is 0.346. The van der Waals surface area contributed by atoms with Crippen LogP contribution in [-0.2, 0) is 4.79 Å². The van der Waals surface area contributed by atoms with Crippen LogP contribution >= 0.6 is 0 Å². The van der Waals surface area contributed by atoms with Gasteiger partial charge in [-0.1, -0.05) is 19.8 Å². The number of rotatable bonds is 4. The fourth-order valence-electron chi connectivity index (χ4n) is 3.27. The maximum Gasteiger partial charge on any atom is 0.236 e. The lowest BCUT2D eigenvalue weighted by Crippen LogP contribution is -2.49. The van der Waals surface area contributed by atoms with Crippen molar-refractivity contribution in [3.63, 3.8) is 0 Å². The van der Waals surface area contributed by atoms with Crippen molar-refractivity contribution >= 4 is 5.91 Å². The number of piperidine rings is 1. The number of likely N-dealkylation sites (tertiary alicyclic amines) is 2. The molecule has 2 rings (SSSR count). The molecule has 0 aromatic carbocycles. The van der Waals surface area contributed by atoms with Crippen molar-refractivity contribution in [1.82, 2.24) is 15.1 Å². The van der Waals surface area contributed by atoms with Gasteiger partial charge in [0, 0.05) is 25.7 Å². The topological polar surface area (TPSA) is 35.6 Å². The second kappa shape index (κ2) is 7.85. The Labute approximate surface area is 117 Å². The van der Waals surface area contributed by atoms with Crippen molar-refractivity contribution < 1.29 is 4.79 Å². The summed E-state index contributed by atoms with van der Waals surface area (Å²) in [5.41, 5.74) is 0. The van der Waals surface area contributed by atoms with Gasteiger partial charge in [0.15, 0.2) is 0 Å². The number of carbonyl (C=O) groups excluding carboxylic acids is 1. The van der Waals surface area contributed by atoms with E-state index in [-0.39, 0.29) is 0 Å². The monoisotopic (exact) mass is 267 g/mol. The van der Waals surface area contributed by atoms with Crippen LogP contribution in [0.5, 0.6) is 0 Å². The number of nitrogens with one attached hydrogen (secondary N) is 1. The van der Waals surface area contributed by atoms with Gasteiger partial charge in [-0.2, -0.15) is 0 Å². The Morgan fingerprint density at radius 1 is 1.11 bits per heavy atom. The van der Waals surface area contributed by atoms with Gasteiger partial charge in [-0.25, -0.2) is 0 Å². The zero-order valence-electron chi connectivity index (χ0n) is 12.4. The molecule has 2 aliphatic rings. The molecule has 2 aliphatic heterocycles. The van der Waals surface area contributed by atoms with Gasteiger partial charge >= 0.3 is 0 Å². The predicted octanol–water partition coefficient (Wildman–Crippen LogP) is 1.46. The van der Waals surface area contributed by atoms with Crippen molar-refractivity contribution in [1.29, 1.82) is 0 Å². The lowest BCUT2D eigenvalue weighted by atomic mass is 10.1. The first kappa shape index (κ1) is 14.8. The molecule has 4 nitrogen and oxygen atoms in total. The molecule has 1 N–H and O–H groups in total. The van der Waals surface area contributed by atoms with Gasteiger partial charge in [0.05, 0.1) is 6.54 Å². The molecule has 1 unspecified atom stereocenters. The van der Waals surface area contributed by atoms with E-state index in [1.165, 1.54) is 38.5 Å². The van der Waals surface area contributed by atoms with E-state index in [2.05, 4.69) is 22.0 Å². The van der Waals surface area contributed by atoms with Crippen LogP contribution in [0.4, 0.5) is 0 Å².